The standard InChI is InChI=1S/C9H12ClN3S/c1-13-5-3-4-6-7(10)11-9(14-2)12-8(6)13/h3-5H2,1-2H3. The SMILES string of the molecule is CSc1nc(Cl)c2c(n1)N(C)CCC2. The van der Waals surface area contributed by atoms with E-state index >= 15 is 0 Å². The highest BCUT2D eigenvalue weighted by Crippen LogP contribution is 2.30. The molecule has 0 saturated heterocycles. The van der Waals surface area contributed by atoms with Crippen molar-refractivity contribution in [3.05, 3.63) is 10.7 Å². The highest BCUT2D eigenvalue weighted by molar-refractivity contribution is 7.98. The molecule has 3 nitrogen and oxygen atoms in total. The average Bonchev–Trinajstić information content (AvgIpc) is 2.19. The Morgan fingerprint density at radius 1 is 1.43 bits per heavy atom. The number of thioether (sulfide) groups is 1. The van der Waals surface area contributed by atoms with Gasteiger partial charge in [0.1, 0.15) is 11.0 Å². The molecule has 0 spiro atoms. The monoisotopic (exact) mass is 229 g/mol. The van der Waals surface area contributed by atoms with Crippen molar-refractivity contribution in [3.8, 4) is 0 Å². The van der Waals surface area contributed by atoms with Crippen molar-refractivity contribution in [2.75, 3.05) is 24.7 Å². The summed E-state index contributed by atoms with van der Waals surface area (Å²) in [7, 11) is 2.05. The third-order valence-electron chi connectivity index (χ3n) is 2.38. The third kappa shape index (κ3) is 1.68. The van der Waals surface area contributed by atoms with E-state index in [0.29, 0.717) is 5.15 Å². The summed E-state index contributed by atoms with van der Waals surface area (Å²) >= 11 is 7.62. The largest absolute Gasteiger partial charge is 0.359 e. The first-order valence-corrected chi connectivity index (χ1v) is 6.14. The van der Waals surface area contributed by atoms with Crippen LogP contribution in [0.3, 0.4) is 0 Å². The molecule has 0 fully saturated rings. The van der Waals surface area contributed by atoms with E-state index in [2.05, 4.69) is 14.9 Å². The predicted molar refractivity (Wildman–Crippen MR) is 60.4 cm³/mol. The molecule has 0 radical (unpaired) electrons. The number of anilines is 1. The van der Waals surface area contributed by atoms with Gasteiger partial charge in [-0.25, -0.2) is 9.97 Å². The first-order valence-electron chi connectivity index (χ1n) is 4.54. The lowest BCUT2D eigenvalue weighted by Gasteiger charge is -2.26. The van der Waals surface area contributed by atoms with Gasteiger partial charge in [-0.2, -0.15) is 0 Å². The molecule has 0 atom stereocenters. The Morgan fingerprint density at radius 3 is 2.93 bits per heavy atom. The number of aromatic nitrogens is 2. The Labute approximate surface area is 92.9 Å². The van der Waals surface area contributed by atoms with Gasteiger partial charge in [0.25, 0.3) is 0 Å². The molecule has 76 valence electrons. The van der Waals surface area contributed by atoms with Crippen LogP contribution in [0, 0.1) is 0 Å². The molecule has 0 saturated carbocycles. The molecule has 1 aliphatic rings. The van der Waals surface area contributed by atoms with Gasteiger partial charge in [0, 0.05) is 19.2 Å². The van der Waals surface area contributed by atoms with Crippen LogP contribution < -0.4 is 4.90 Å². The summed E-state index contributed by atoms with van der Waals surface area (Å²) in [6, 6.07) is 0. The van der Waals surface area contributed by atoms with E-state index in [4.69, 9.17) is 11.6 Å². The molecule has 2 rings (SSSR count). The maximum atomic E-state index is 6.10. The summed E-state index contributed by atoms with van der Waals surface area (Å²) in [5.41, 5.74) is 1.10. The van der Waals surface area contributed by atoms with Gasteiger partial charge in [-0.05, 0) is 19.1 Å². The molecule has 1 aliphatic heterocycles. The second-order valence-corrected chi connectivity index (χ2v) is 4.46. The van der Waals surface area contributed by atoms with Gasteiger partial charge in [0.15, 0.2) is 5.16 Å². The Kier molecular flexibility index (Phi) is 2.83. The minimum Gasteiger partial charge on any atom is -0.359 e. The fraction of sp³-hybridized carbons (Fsp3) is 0.556. The molecule has 0 N–H and O–H groups in total. The van der Waals surface area contributed by atoms with Crippen molar-refractivity contribution in [3.63, 3.8) is 0 Å². The number of rotatable bonds is 1. The minimum absolute atomic E-state index is 0.617. The van der Waals surface area contributed by atoms with Gasteiger partial charge in [0.2, 0.25) is 0 Å². The molecule has 0 aromatic carbocycles. The topological polar surface area (TPSA) is 29.0 Å². The van der Waals surface area contributed by atoms with Gasteiger partial charge in [0.05, 0.1) is 0 Å². The Balaban J connectivity index is 2.51. The van der Waals surface area contributed by atoms with Crippen LogP contribution in [-0.2, 0) is 6.42 Å². The van der Waals surface area contributed by atoms with Crippen LogP contribution in [0.5, 0.6) is 0 Å². The molecule has 0 aliphatic carbocycles. The normalized spacial score (nSPS) is 15.5. The highest BCUT2D eigenvalue weighted by Gasteiger charge is 2.19. The van der Waals surface area contributed by atoms with Crippen LogP contribution in [0.2, 0.25) is 5.15 Å². The van der Waals surface area contributed by atoms with Crippen molar-refractivity contribution >= 4 is 29.2 Å². The van der Waals surface area contributed by atoms with Gasteiger partial charge < -0.3 is 4.90 Å². The average molecular weight is 230 g/mol. The first-order chi connectivity index (χ1) is 6.72. The fourth-order valence-electron chi connectivity index (χ4n) is 1.65. The molecule has 1 aromatic heterocycles. The maximum Gasteiger partial charge on any atom is 0.190 e. The maximum absolute atomic E-state index is 6.10. The molecule has 0 bridgehead atoms. The van der Waals surface area contributed by atoms with Gasteiger partial charge in [-0.3, -0.25) is 0 Å². The summed E-state index contributed by atoms with van der Waals surface area (Å²) in [6.07, 6.45) is 4.08. The lowest BCUT2D eigenvalue weighted by atomic mass is 10.1. The van der Waals surface area contributed by atoms with E-state index in [0.717, 1.165) is 35.9 Å². The van der Waals surface area contributed by atoms with Gasteiger partial charge >= 0.3 is 0 Å². The van der Waals surface area contributed by atoms with E-state index in [-0.39, 0.29) is 0 Å². The molecule has 0 amide bonds. The Bertz CT molecular complexity index is 356. The van der Waals surface area contributed by atoms with E-state index < -0.39 is 0 Å². The van der Waals surface area contributed by atoms with Crippen molar-refractivity contribution in [2.24, 2.45) is 0 Å². The van der Waals surface area contributed by atoms with Crippen LogP contribution >= 0.6 is 23.4 Å². The zero-order valence-electron chi connectivity index (χ0n) is 8.25. The second-order valence-electron chi connectivity index (χ2n) is 3.33. The predicted octanol–water partition coefficient (Wildman–Crippen LogP) is 2.23. The molecular formula is C9H12ClN3S. The van der Waals surface area contributed by atoms with E-state index in [1.54, 1.807) is 0 Å². The fourth-order valence-corrected chi connectivity index (χ4v) is 2.32. The summed E-state index contributed by atoms with van der Waals surface area (Å²) in [6.45, 7) is 1.05. The lowest BCUT2D eigenvalue weighted by molar-refractivity contribution is 0.711. The summed E-state index contributed by atoms with van der Waals surface area (Å²) in [5.74, 6) is 1.00. The molecule has 5 heteroatoms. The number of hydrogen-bond acceptors (Lipinski definition) is 4. The van der Waals surface area contributed by atoms with Crippen molar-refractivity contribution in [1.29, 1.82) is 0 Å². The molecule has 2 heterocycles. The zero-order chi connectivity index (χ0) is 10.1. The summed E-state index contributed by atoms with van der Waals surface area (Å²) < 4.78 is 0. The molecule has 14 heavy (non-hydrogen) atoms. The number of nitrogens with zero attached hydrogens (tertiary/aromatic N) is 3. The van der Waals surface area contributed by atoms with Crippen LogP contribution in [0.15, 0.2) is 5.16 Å². The second kappa shape index (κ2) is 3.95. The van der Waals surface area contributed by atoms with Gasteiger partial charge in [-0.1, -0.05) is 23.4 Å². The molecule has 1 aromatic rings. The van der Waals surface area contributed by atoms with Crippen molar-refractivity contribution < 1.29 is 0 Å². The number of hydrogen-bond donors (Lipinski definition) is 0. The highest BCUT2D eigenvalue weighted by atomic mass is 35.5. The van der Waals surface area contributed by atoms with Crippen LogP contribution in [-0.4, -0.2) is 29.8 Å². The van der Waals surface area contributed by atoms with Crippen molar-refractivity contribution in [1.82, 2.24) is 9.97 Å². The first kappa shape index (κ1) is 10.1. The number of halogens is 1. The quantitative estimate of drug-likeness (QED) is 0.420. The zero-order valence-corrected chi connectivity index (χ0v) is 9.82. The third-order valence-corrected chi connectivity index (χ3v) is 3.24. The van der Waals surface area contributed by atoms with Gasteiger partial charge in [-0.15, -0.1) is 0 Å². The van der Waals surface area contributed by atoms with E-state index in [9.17, 15) is 0 Å². The van der Waals surface area contributed by atoms with E-state index in [1.807, 2.05) is 13.3 Å². The van der Waals surface area contributed by atoms with E-state index in [1.165, 1.54) is 11.8 Å². The van der Waals surface area contributed by atoms with Crippen LogP contribution in [0.1, 0.15) is 12.0 Å². The van der Waals surface area contributed by atoms with Crippen molar-refractivity contribution in [2.45, 2.75) is 18.0 Å². The number of fused-ring (bicyclic) bond motifs is 1. The minimum atomic E-state index is 0.617. The Hall–Kier alpha value is -0.480. The molecule has 0 unspecified atom stereocenters. The summed E-state index contributed by atoms with van der Waals surface area (Å²) in [5, 5.41) is 1.37. The smallest absolute Gasteiger partial charge is 0.190 e. The summed E-state index contributed by atoms with van der Waals surface area (Å²) in [4.78, 5) is 10.8. The molecular weight excluding hydrogens is 218 g/mol. The lowest BCUT2D eigenvalue weighted by Crippen LogP contribution is -2.26. The van der Waals surface area contributed by atoms with Crippen LogP contribution in [0.25, 0.3) is 0 Å². The Morgan fingerprint density at radius 2 is 2.21 bits per heavy atom. The van der Waals surface area contributed by atoms with Crippen LogP contribution in [0.4, 0.5) is 5.82 Å².